The monoisotopic (exact) mass is 383 g/mol. The first-order valence-electron chi connectivity index (χ1n) is 8.22. The summed E-state index contributed by atoms with van der Waals surface area (Å²) < 4.78 is 1.39. The van der Waals surface area contributed by atoms with E-state index >= 15 is 0 Å². The fourth-order valence-corrected chi connectivity index (χ4v) is 2.83. The van der Waals surface area contributed by atoms with E-state index < -0.39 is 5.91 Å². The number of pyridine rings is 1. The van der Waals surface area contributed by atoms with Gasteiger partial charge in [-0.1, -0.05) is 23.2 Å². The van der Waals surface area contributed by atoms with Gasteiger partial charge in [0.2, 0.25) is 0 Å². The quantitative estimate of drug-likeness (QED) is 0.724. The van der Waals surface area contributed by atoms with Crippen molar-refractivity contribution >= 4 is 29.1 Å². The van der Waals surface area contributed by atoms with E-state index in [4.69, 9.17) is 11.6 Å². The highest BCUT2D eigenvalue weighted by Gasteiger charge is 2.20. The van der Waals surface area contributed by atoms with Crippen LogP contribution in [0.3, 0.4) is 0 Å². The van der Waals surface area contributed by atoms with E-state index in [9.17, 15) is 9.59 Å². The van der Waals surface area contributed by atoms with Crippen LogP contribution in [0.5, 0.6) is 0 Å². The van der Waals surface area contributed by atoms with Crippen molar-refractivity contribution < 1.29 is 9.59 Å². The minimum absolute atomic E-state index is 0.261. The third-order valence-corrected chi connectivity index (χ3v) is 4.19. The number of amides is 2. The summed E-state index contributed by atoms with van der Waals surface area (Å²) in [5.41, 5.74) is 2.59. The van der Waals surface area contributed by atoms with Crippen LogP contribution in [0, 0.1) is 13.8 Å². The minimum Gasteiger partial charge on any atom is -0.355 e. The highest BCUT2D eigenvalue weighted by Crippen LogP contribution is 2.22. The van der Waals surface area contributed by atoms with E-state index in [2.05, 4.69) is 20.7 Å². The number of nitrogens with zero attached hydrogens (tertiary/aromatic N) is 3. The van der Waals surface area contributed by atoms with Gasteiger partial charge in [0.25, 0.3) is 11.8 Å². The molecule has 0 radical (unpaired) electrons. The first kappa shape index (κ1) is 18.6. The van der Waals surface area contributed by atoms with Crippen LogP contribution in [0.15, 0.2) is 42.6 Å². The van der Waals surface area contributed by atoms with Crippen LogP contribution in [0.4, 0.5) is 5.69 Å². The molecule has 0 bridgehead atoms. The number of benzene rings is 1. The maximum absolute atomic E-state index is 12.9. The Kier molecular flexibility index (Phi) is 5.23. The van der Waals surface area contributed by atoms with Crippen LogP contribution in [-0.4, -0.2) is 33.6 Å². The van der Waals surface area contributed by atoms with Crippen LogP contribution >= 0.6 is 11.6 Å². The third kappa shape index (κ3) is 3.83. The van der Waals surface area contributed by atoms with E-state index in [0.29, 0.717) is 27.8 Å². The number of anilines is 1. The zero-order valence-corrected chi connectivity index (χ0v) is 15.8. The lowest BCUT2D eigenvalue weighted by molar-refractivity contribution is 0.0964. The molecule has 8 heteroatoms. The molecule has 2 N–H and O–H groups in total. The molecule has 0 saturated heterocycles. The summed E-state index contributed by atoms with van der Waals surface area (Å²) >= 11 is 6.20. The Morgan fingerprint density at radius 3 is 2.59 bits per heavy atom. The summed E-state index contributed by atoms with van der Waals surface area (Å²) in [7, 11) is 1.54. The smallest absolute Gasteiger partial charge is 0.274 e. The van der Waals surface area contributed by atoms with E-state index in [1.165, 1.54) is 11.7 Å². The van der Waals surface area contributed by atoms with Crippen LogP contribution in [0.1, 0.15) is 32.1 Å². The predicted molar refractivity (Wildman–Crippen MR) is 104 cm³/mol. The number of aromatic nitrogens is 3. The molecule has 0 aliphatic rings. The highest BCUT2D eigenvalue weighted by atomic mass is 35.5. The van der Waals surface area contributed by atoms with Crippen molar-refractivity contribution in [2.24, 2.45) is 0 Å². The van der Waals surface area contributed by atoms with Gasteiger partial charge in [0, 0.05) is 13.2 Å². The van der Waals surface area contributed by atoms with Crippen molar-refractivity contribution in [3.63, 3.8) is 0 Å². The maximum atomic E-state index is 12.9. The SMILES string of the molecule is CNC(=O)c1cc(C)ccc1NC(=O)c1cc(C)nn1-c1ncccc1Cl. The van der Waals surface area contributed by atoms with Crippen LogP contribution in [-0.2, 0) is 0 Å². The number of carbonyl (C=O) groups excluding carboxylic acids is 2. The van der Waals surface area contributed by atoms with Gasteiger partial charge in [-0.15, -0.1) is 0 Å². The van der Waals surface area contributed by atoms with Gasteiger partial charge < -0.3 is 10.6 Å². The number of hydrogen-bond donors (Lipinski definition) is 2. The molecule has 3 aromatic rings. The van der Waals surface area contributed by atoms with Crippen LogP contribution in [0.2, 0.25) is 5.02 Å². The Labute approximate surface area is 161 Å². The van der Waals surface area contributed by atoms with Crippen LogP contribution in [0.25, 0.3) is 5.82 Å². The number of carbonyl (C=O) groups is 2. The number of aryl methyl sites for hydroxylation is 2. The molecule has 2 amide bonds. The molecule has 7 nitrogen and oxygen atoms in total. The summed E-state index contributed by atoms with van der Waals surface area (Å²) in [6, 6.07) is 10.2. The second kappa shape index (κ2) is 7.59. The predicted octanol–water partition coefficient (Wildman–Crippen LogP) is 3.15. The minimum atomic E-state index is -0.425. The van der Waals surface area contributed by atoms with Gasteiger partial charge in [0.1, 0.15) is 5.69 Å². The van der Waals surface area contributed by atoms with Crippen molar-refractivity contribution in [1.29, 1.82) is 0 Å². The zero-order chi connectivity index (χ0) is 19.6. The molecule has 0 atom stereocenters. The van der Waals surface area contributed by atoms with Gasteiger partial charge in [0.15, 0.2) is 5.82 Å². The fourth-order valence-electron chi connectivity index (χ4n) is 2.63. The lowest BCUT2D eigenvalue weighted by Crippen LogP contribution is -2.23. The molecule has 2 heterocycles. The molecule has 3 rings (SSSR count). The molecule has 27 heavy (non-hydrogen) atoms. The van der Waals surface area contributed by atoms with Gasteiger partial charge in [-0.2, -0.15) is 5.10 Å². The van der Waals surface area contributed by atoms with Crippen molar-refractivity contribution in [3.8, 4) is 5.82 Å². The molecule has 2 aromatic heterocycles. The van der Waals surface area contributed by atoms with E-state index in [1.807, 2.05) is 13.0 Å². The zero-order valence-electron chi connectivity index (χ0n) is 15.1. The molecule has 0 aliphatic heterocycles. The lowest BCUT2D eigenvalue weighted by atomic mass is 10.1. The maximum Gasteiger partial charge on any atom is 0.274 e. The number of rotatable bonds is 4. The highest BCUT2D eigenvalue weighted by molar-refractivity contribution is 6.32. The lowest BCUT2D eigenvalue weighted by Gasteiger charge is -2.12. The topological polar surface area (TPSA) is 88.9 Å². The molecular weight excluding hydrogens is 366 g/mol. The van der Waals surface area contributed by atoms with Crippen molar-refractivity contribution in [2.45, 2.75) is 13.8 Å². The molecule has 0 saturated carbocycles. The summed E-state index contributed by atoms with van der Waals surface area (Å²) in [5.74, 6) is -0.356. The normalized spacial score (nSPS) is 10.5. The second-order valence-electron chi connectivity index (χ2n) is 5.97. The number of nitrogens with one attached hydrogen (secondary N) is 2. The van der Waals surface area contributed by atoms with Gasteiger partial charge in [-0.3, -0.25) is 9.59 Å². The first-order valence-corrected chi connectivity index (χ1v) is 8.60. The van der Waals surface area contributed by atoms with E-state index in [0.717, 1.165) is 5.56 Å². The van der Waals surface area contributed by atoms with Gasteiger partial charge in [-0.25, -0.2) is 9.67 Å². The van der Waals surface area contributed by atoms with Crippen molar-refractivity contribution in [2.75, 3.05) is 12.4 Å². The van der Waals surface area contributed by atoms with E-state index in [1.54, 1.807) is 43.5 Å². The molecule has 0 spiro atoms. The Hall–Kier alpha value is -3.19. The second-order valence-corrected chi connectivity index (χ2v) is 6.38. The van der Waals surface area contributed by atoms with Gasteiger partial charge in [0.05, 0.1) is 22.0 Å². The molecule has 1 aromatic carbocycles. The first-order chi connectivity index (χ1) is 12.9. The average molecular weight is 384 g/mol. The summed E-state index contributed by atoms with van der Waals surface area (Å²) in [5, 5.41) is 10.0. The summed E-state index contributed by atoms with van der Waals surface area (Å²) in [4.78, 5) is 29.2. The molecule has 0 aliphatic carbocycles. The van der Waals surface area contributed by atoms with Crippen LogP contribution < -0.4 is 10.6 Å². The molecule has 0 fully saturated rings. The molecule has 138 valence electrons. The standard InChI is InChI=1S/C19H18ClN5O2/c1-11-6-7-15(13(9-11)18(26)21-3)23-19(27)16-10-12(2)24-25(16)17-14(20)5-4-8-22-17/h4-10H,1-3H3,(H,21,26)(H,23,27). The van der Waals surface area contributed by atoms with Crippen molar-refractivity contribution in [1.82, 2.24) is 20.1 Å². The van der Waals surface area contributed by atoms with Gasteiger partial charge in [-0.05, 0) is 44.2 Å². The van der Waals surface area contributed by atoms with Crippen molar-refractivity contribution in [3.05, 3.63) is 70.1 Å². The number of halogens is 1. The Morgan fingerprint density at radius 1 is 1.11 bits per heavy atom. The Bertz CT molecular complexity index is 1030. The summed E-state index contributed by atoms with van der Waals surface area (Å²) in [6.45, 7) is 3.64. The van der Waals surface area contributed by atoms with Gasteiger partial charge >= 0.3 is 0 Å². The van der Waals surface area contributed by atoms with E-state index in [-0.39, 0.29) is 11.6 Å². The Balaban J connectivity index is 2.00. The third-order valence-electron chi connectivity index (χ3n) is 3.90. The average Bonchev–Trinajstić information content (AvgIpc) is 3.04. The molecular formula is C19H18ClN5O2. The Morgan fingerprint density at radius 2 is 1.89 bits per heavy atom. The molecule has 0 unspecified atom stereocenters. The fraction of sp³-hybridized carbons (Fsp3) is 0.158. The number of hydrogen-bond acceptors (Lipinski definition) is 4. The summed E-state index contributed by atoms with van der Waals surface area (Å²) in [6.07, 6.45) is 1.57. The largest absolute Gasteiger partial charge is 0.355 e.